The van der Waals surface area contributed by atoms with Crippen molar-refractivity contribution in [1.29, 1.82) is 0 Å². The van der Waals surface area contributed by atoms with Gasteiger partial charge in [0.05, 0.1) is 25.6 Å². The number of carbonyl (C=O) groups excluding carboxylic acids is 2. The molecule has 0 unspecified atom stereocenters. The lowest BCUT2D eigenvalue weighted by Crippen LogP contribution is -2.56. The minimum atomic E-state index is -0.491. The Bertz CT molecular complexity index is 797. The van der Waals surface area contributed by atoms with E-state index in [4.69, 9.17) is 4.74 Å². The Morgan fingerprint density at radius 1 is 1.43 bits per heavy atom. The van der Waals surface area contributed by atoms with Gasteiger partial charge in [0.25, 0.3) is 0 Å². The van der Waals surface area contributed by atoms with Gasteiger partial charge in [-0.15, -0.1) is 11.3 Å². The average Bonchev–Trinajstić information content (AvgIpc) is 3.19. The van der Waals surface area contributed by atoms with E-state index >= 15 is 0 Å². The lowest BCUT2D eigenvalue weighted by atomic mass is 10.1. The summed E-state index contributed by atoms with van der Waals surface area (Å²) in [6.07, 6.45) is 1.87. The number of benzene rings is 1. The van der Waals surface area contributed by atoms with Crippen molar-refractivity contribution >= 4 is 23.2 Å². The second-order valence-corrected chi connectivity index (χ2v) is 7.68. The van der Waals surface area contributed by atoms with Crippen LogP contribution >= 0.6 is 11.3 Å². The first-order valence-electron chi connectivity index (χ1n) is 9.43. The molecule has 1 saturated heterocycles. The summed E-state index contributed by atoms with van der Waals surface area (Å²) >= 11 is 1.52. The van der Waals surface area contributed by atoms with Gasteiger partial charge >= 0.3 is 0 Å². The fourth-order valence-electron chi connectivity index (χ4n) is 3.27. The molecule has 0 spiro atoms. The minimum absolute atomic E-state index is 0.0691. The molecule has 0 bridgehead atoms. The summed E-state index contributed by atoms with van der Waals surface area (Å²) in [5.41, 5.74) is 1.02. The van der Waals surface area contributed by atoms with Crippen molar-refractivity contribution < 1.29 is 14.3 Å². The molecule has 1 fully saturated rings. The molecule has 1 aromatic carbocycles. The van der Waals surface area contributed by atoms with Gasteiger partial charge in [-0.25, -0.2) is 4.98 Å². The number of rotatable bonds is 8. The van der Waals surface area contributed by atoms with Crippen LogP contribution in [0.3, 0.4) is 0 Å². The first-order chi connectivity index (χ1) is 13.6. The molecule has 8 heteroatoms. The molecule has 0 saturated carbocycles. The summed E-state index contributed by atoms with van der Waals surface area (Å²) in [6.45, 7) is 4.83. The molecule has 1 aliphatic heterocycles. The van der Waals surface area contributed by atoms with E-state index in [2.05, 4.69) is 15.2 Å². The van der Waals surface area contributed by atoms with E-state index in [1.807, 2.05) is 36.6 Å². The fourth-order valence-corrected chi connectivity index (χ4v) is 3.93. The second-order valence-electron chi connectivity index (χ2n) is 6.70. The Balaban J connectivity index is 1.68. The normalized spacial score (nSPS) is 17.2. The predicted octanol–water partition coefficient (Wildman–Crippen LogP) is 1.89. The smallest absolute Gasteiger partial charge is 0.237 e. The minimum Gasteiger partial charge on any atom is -0.494 e. The fraction of sp³-hybridized carbons (Fsp3) is 0.450. The first kappa shape index (κ1) is 20.3. The Morgan fingerprint density at radius 3 is 3.00 bits per heavy atom. The predicted molar refractivity (Wildman–Crippen MR) is 108 cm³/mol. The van der Waals surface area contributed by atoms with Crippen molar-refractivity contribution in [2.45, 2.75) is 32.5 Å². The Morgan fingerprint density at radius 2 is 2.25 bits per heavy atom. The molecule has 28 heavy (non-hydrogen) atoms. The molecular weight excluding hydrogens is 376 g/mol. The van der Waals surface area contributed by atoms with Crippen LogP contribution in [0.1, 0.15) is 23.9 Å². The maximum absolute atomic E-state index is 12.7. The van der Waals surface area contributed by atoms with E-state index in [1.54, 1.807) is 18.1 Å². The van der Waals surface area contributed by atoms with Crippen molar-refractivity contribution in [2.75, 3.05) is 26.7 Å². The number of amides is 2. The molecular formula is C20H26N4O3S. The average molecular weight is 403 g/mol. The van der Waals surface area contributed by atoms with Gasteiger partial charge in [0.1, 0.15) is 10.8 Å². The SMILES string of the molecule is CCOc1ccccc1CN1CCNC(=O)[C@H]1CC(=O)N(C)Cc1nccs1. The molecule has 3 rings (SSSR count). The molecule has 2 amide bonds. The molecule has 0 radical (unpaired) electrons. The quantitative estimate of drug-likeness (QED) is 0.730. The third-order valence-electron chi connectivity index (χ3n) is 4.74. The highest BCUT2D eigenvalue weighted by molar-refractivity contribution is 7.09. The molecule has 1 N–H and O–H groups in total. The lowest BCUT2D eigenvalue weighted by Gasteiger charge is -2.35. The van der Waals surface area contributed by atoms with Gasteiger partial charge in [-0.3, -0.25) is 14.5 Å². The van der Waals surface area contributed by atoms with E-state index in [9.17, 15) is 9.59 Å². The van der Waals surface area contributed by atoms with Crippen LogP contribution in [-0.4, -0.2) is 59.4 Å². The van der Waals surface area contributed by atoms with Crippen LogP contribution in [0.25, 0.3) is 0 Å². The van der Waals surface area contributed by atoms with Gasteiger partial charge in [0.2, 0.25) is 11.8 Å². The monoisotopic (exact) mass is 402 g/mol. The molecule has 1 aromatic heterocycles. The summed E-state index contributed by atoms with van der Waals surface area (Å²) < 4.78 is 5.71. The van der Waals surface area contributed by atoms with Gasteiger partial charge in [-0.1, -0.05) is 18.2 Å². The van der Waals surface area contributed by atoms with Gasteiger partial charge in [-0.2, -0.15) is 0 Å². The zero-order chi connectivity index (χ0) is 19.9. The van der Waals surface area contributed by atoms with E-state index in [-0.39, 0.29) is 18.2 Å². The highest BCUT2D eigenvalue weighted by atomic mass is 32.1. The highest BCUT2D eigenvalue weighted by Gasteiger charge is 2.33. The zero-order valence-corrected chi connectivity index (χ0v) is 17.1. The van der Waals surface area contributed by atoms with Crippen molar-refractivity contribution in [3.63, 3.8) is 0 Å². The summed E-state index contributed by atoms with van der Waals surface area (Å²) in [5, 5.41) is 5.65. The standard InChI is InChI=1S/C20H26N4O3S/c1-3-27-17-7-5-4-6-15(17)13-24-10-8-22-20(26)16(24)12-19(25)23(2)14-18-21-9-11-28-18/h4-7,9,11,16H,3,8,10,12-14H2,1-2H3,(H,22,26)/t16-/m1/s1. The van der Waals surface area contributed by atoms with E-state index in [0.29, 0.717) is 32.8 Å². The van der Waals surface area contributed by atoms with Crippen molar-refractivity contribution in [1.82, 2.24) is 20.1 Å². The number of aromatic nitrogens is 1. The first-order valence-corrected chi connectivity index (χ1v) is 10.3. The number of hydrogen-bond acceptors (Lipinski definition) is 6. The van der Waals surface area contributed by atoms with Crippen LogP contribution in [0.2, 0.25) is 0 Å². The Kier molecular flexibility index (Phi) is 7.00. The van der Waals surface area contributed by atoms with Gasteiger partial charge in [0.15, 0.2) is 0 Å². The largest absolute Gasteiger partial charge is 0.494 e. The summed E-state index contributed by atoms with van der Waals surface area (Å²) in [6, 6.07) is 7.35. The van der Waals surface area contributed by atoms with Crippen molar-refractivity contribution in [3.05, 3.63) is 46.4 Å². The molecule has 2 heterocycles. The molecule has 0 aliphatic carbocycles. The van der Waals surface area contributed by atoms with Crippen LogP contribution in [0.4, 0.5) is 0 Å². The number of piperazine rings is 1. The summed E-state index contributed by atoms with van der Waals surface area (Å²) in [7, 11) is 1.75. The van der Waals surface area contributed by atoms with Crippen LogP contribution in [0.15, 0.2) is 35.8 Å². The van der Waals surface area contributed by atoms with Crippen LogP contribution in [0.5, 0.6) is 5.75 Å². The van der Waals surface area contributed by atoms with Crippen molar-refractivity contribution in [3.8, 4) is 5.75 Å². The number of thiazole rings is 1. The third-order valence-corrected chi connectivity index (χ3v) is 5.50. The van der Waals surface area contributed by atoms with Crippen LogP contribution in [0, 0.1) is 0 Å². The van der Waals surface area contributed by atoms with E-state index in [0.717, 1.165) is 16.3 Å². The van der Waals surface area contributed by atoms with Gasteiger partial charge < -0.3 is 15.0 Å². The van der Waals surface area contributed by atoms with Gasteiger partial charge in [0, 0.05) is 43.8 Å². The number of ether oxygens (including phenoxy) is 1. The molecule has 1 aliphatic rings. The number of para-hydroxylation sites is 1. The molecule has 7 nitrogen and oxygen atoms in total. The lowest BCUT2D eigenvalue weighted by molar-refractivity contribution is -0.138. The highest BCUT2D eigenvalue weighted by Crippen LogP contribution is 2.23. The maximum Gasteiger partial charge on any atom is 0.237 e. The number of hydrogen-bond donors (Lipinski definition) is 1. The van der Waals surface area contributed by atoms with Crippen LogP contribution < -0.4 is 10.1 Å². The summed E-state index contributed by atoms with van der Waals surface area (Å²) in [4.78, 5) is 33.2. The number of nitrogens with one attached hydrogen (secondary N) is 1. The Labute approximate surface area is 169 Å². The van der Waals surface area contributed by atoms with Crippen LogP contribution in [-0.2, 0) is 22.7 Å². The second kappa shape index (κ2) is 9.66. The summed E-state index contributed by atoms with van der Waals surface area (Å²) in [5.74, 6) is 0.651. The molecule has 150 valence electrons. The maximum atomic E-state index is 12.7. The Hall–Kier alpha value is -2.45. The van der Waals surface area contributed by atoms with E-state index < -0.39 is 6.04 Å². The number of nitrogens with zero attached hydrogens (tertiary/aromatic N) is 3. The molecule has 1 atom stereocenters. The third kappa shape index (κ3) is 5.08. The molecule has 2 aromatic rings. The van der Waals surface area contributed by atoms with Crippen molar-refractivity contribution in [2.24, 2.45) is 0 Å². The topological polar surface area (TPSA) is 74.8 Å². The van der Waals surface area contributed by atoms with Gasteiger partial charge in [-0.05, 0) is 13.0 Å². The zero-order valence-electron chi connectivity index (χ0n) is 16.3. The number of carbonyl (C=O) groups is 2. The van der Waals surface area contributed by atoms with E-state index in [1.165, 1.54) is 11.3 Å².